The van der Waals surface area contributed by atoms with E-state index < -0.39 is 15.4 Å². The van der Waals surface area contributed by atoms with Gasteiger partial charge in [-0.15, -0.1) is 0 Å². The van der Waals surface area contributed by atoms with E-state index in [1.54, 1.807) is 24.4 Å². The fourth-order valence-electron chi connectivity index (χ4n) is 4.29. The standard InChI is InChI=1S/C18H20N2O3S/c21-17(18-8-6-13(11-18)7-9-18)20-24(22,23)12-14-3-1-5-16-15(14)4-2-10-19-16/h1-5,10,13H,6-9,11-12H2,(H,20,21). The molecule has 0 saturated heterocycles. The summed E-state index contributed by atoms with van der Waals surface area (Å²) in [4.78, 5) is 16.8. The zero-order valence-electron chi connectivity index (χ0n) is 13.4. The van der Waals surface area contributed by atoms with Gasteiger partial charge in [-0.05, 0) is 55.7 Å². The van der Waals surface area contributed by atoms with Crippen LogP contribution in [-0.2, 0) is 20.6 Å². The lowest BCUT2D eigenvalue weighted by atomic mass is 9.84. The van der Waals surface area contributed by atoms with Crippen molar-refractivity contribution in [2.75, 3.05) is 0 Å². The molecular weight excluding hydrogens is 324 g/mol. The molecule has 1 heterocycles. The molecular formula is C18H20N2O3S. The van der Waals surface area contributed by atoms with Crippen LogP contribution < -0.4 is 4.72 Å². The number of nitrogens with zero attached hydrogens (tertiary/aromatic N) is 1. The number of benzene rings is 1. The number of amides is 1. The van der Waals surface area contributed by atoms with Gasteiger partial charge in [0.2, 0.25) is 15.9 Å². The second kappa shape index (κ2) is 5.55. The number of sulfonamides is 1. The van der Waals surface area contributed by atoms with Crippen LogP contribution in [0.25, 0.3) is 10.9 Å². The predicted octanol–water partition coefficient (Wildman–Crippen LogP) is 2.76. The molecule has 2 aliphatic carbocycles. The molecule has 0 atom stereocenters. The first-order valence-corrected chi connectivity index (χ1v) is 10.0. The first kappa shape index (κ1) is 15.6. The maximum atomic E-state index is 12.6. The average Bonchev–Trinajstić information content (AvgIpc) is 3.17. The van der Waals surface area contributed by atoms with Crippen LogP contribution in [0, 0.1) is 11.3 Å². The molecule has 5 nitrogen and oxygen atoms in total. The van der Waals surface area contributed by atoms with Gasteiger partial charge in [-0.3, -0.25) is 14.5 Å². The van der Waals surface area contributed by atoms with Crippen molar-refractivity contribution in [1.29, 1.82) is 0 Å². The van der Waals surface area contributed by atoms with Crippen molar-refractivity contribution in [2.24, 2.45) is 11.3 Å². The van der Waals surface area contributed by atoms with Crippen LogP contribution in [0.5, 0.6) is 0 Å². The number of nitrogens with one attached hydrogen (secondary N) is 1. The second-order valence-electron chi connectivity index (χ2n) is 7.11. The third-order valence-corrected chi connectivity index (χ3v) is 6.74. The number of carbonyl (C=O) groups excluding carboxylic acids is 1. The summed E-state index contributed by atoms with van der Waals surface area (Å²) >= 11 is 0. The molecule has 1 N–H and O–H groups in total. The summed E-state index contributed by atoms with van der Waals surface area (Å²) in [5.74, 6) is 0.0878. The van der Waals surface area contributed by atoms with Crippen molar-refractivity contribution >= 4 is 26.8 Å². The van der Waals surface area contributed by atoms with Crippen LogP contribution in [0.3, 0.4) is 0 Å². The molecule has 1 aromatic heterocycles. The smallest absolute Gasteiger partial charge is 0.239 e. The third-order valence-electron chi connectivity index (χ3n) is 5.55. The number of rotatable bonds is 4. The number of fused-ring (bicyclic) bond motifs is 3. The highest BCUT2D eigenvalue weighted by Gasteiger charge is 2.50. The molecule has 126 valence electrons. The van der Waals surface area contributed by atoms with Gasteiger partial charge in [0.1, 0.15) is 0 Å². The van der Waals surface area contributed by atoms with Crippen molar-refractivity contribution in [3.05, 3.63) is 42.1 Å². The largest absolute Gasteiger partial charge is 0.273 e. The van der Waals surface area contributed by atoms with E-state index in [4.69, 9.17) is 0 Å². The number of carbonyl (C=O) groups is 1. The van der Waals surface area contributed by atoms with Crippen LogP contribution in [-0.4, -0.2) is 19.3 Å². The molecule has 6 heteroatoms. The molecule has 2 saturated carbocycles. The highest BCUT2D eigenvalue weighted by Crippen LogP contribution is 2.54. The summed E-state index contributed by atoms with van der Waals surface area (Å²) in [5.41, 5.74) is 0.969. The SMILES string of the molecule is O=C(NS(=O)(=O)Cc1cccc2ncccc12)C12CCC(CC1)C2. The van der Waals surface area contributed by atoms with Crippen LogP contribution in [0.1, 0.15) is 37.7 Å². The lowest BCUT2D eigenvalue weighted by molar-refractivity contribution is -0.128. The van der Waals surface area contributed by atoms with Gasteiger partial charge in [0.15, 0.2) is 0 Å². The molecule has 24 heavy (non-hydrogen) atoms. The summed E-state index contributed by atoms with van der Waals surface area (Å²) < 4.78 is 27.4. The average molecular weight is 344 g/mol. The van der Waals surface area contributed by atoms with Gasteiger partial charge < -0.3 is 0 Å². The lowest BCUT2D eigenvalue weighted by Crippen LogP contribution is -2.42. The Hall–Kier alpha value is -1.95. The zero-order valence-corrected chi connectivity index (χ0v) is 14.2. The van der Waals surface area contributed by atoms with Gasteiger partial charge in [0.05, 0.1) is 16.7 Å². The summed E-state index contributed by atoms with van der Waals surface area (Å²) in [6, 6.07) is 9.05. The van der Waals surface area contributed by atoms with Crippen LogP contribution >= 0.6 is 0 Å². The Morgan fingerprint density at radius 1 is 1.21 bits per heavy atom. The van der Waals surface area contributed by atoms with E-state index in [2.05, 4.69) is 9.71 Å². The monoisotopic (exact) mass is 344 g/mol. The van der Waals surface area contributed by atoms with Crippen molar-refractivity contribution in [3.8, 4) is 0 Å². The quantitative estimate of drug-likeness (QED) is 0.925. The molecule has 2 aromatic rings. The molecule has 4 rings (SSSR count). The van der Waals surface area contributed by atoms with E-state index >= 15 is 0 Å². The van der Waals surface area contributed by atoms with Crippen molar-refractivity contribution in [2.45, 2.75) is 37.9 Å². The summed E-state index contributed by atoms with van der Waals surface area (Å²) in [5, 5.41) is 0.804. The minimum absolute atomic E-state index is 0.207. The Labute approximate surface area is 141 Å². The first-order valence-electron chi connectivity index (χ1n) is 8.35. The summed E-state index contributed by atoms with van der Waals surface area (Å²) in [6.45, 7) is 0. The van der Waals surface area contributed by atoms with Crippen LogP contribution in [0.2, 0.25) is 0 Å². The van der Waals surface area contributed by atoms with Crippen LogP contribution in [0.4, 0.5) is 0 Å². The van der Waals surface area contributed by atoms with Gasteiger partial charge in [0, 0.05) is 11.6 Å². The van der Waals surface area contributed by atoms with Crippen LogP contribution in [0.15, 0.2) is 36.5 Å². The molecule has 1 amide bonds. The van der Waals surface area contributed by atoms with E-state index in [9.17, 15) is 13.2 Å². The number of hydrogen-bond donors (Lipinski definition) is 1. The third kappa shape index (κ3) is 2.69. The van der Waals surface area contributed by atoms with E-state index in [0.717, 1.165) is 43.0 Å². The van der Waals surface area contributed by atoms with Gasteiger partial charge in [-0.25, -0.2) is 8.42 Å². The summed E-state index contributed by atoms with van der Waals surface area (Å²) in [7, 11) is -3.72. The molecule has 0 radical (unpaired) electrons. The van der Waals surface area contributed by atoms with Crippen molar-refractivity contribution in [3.63, 3.8) is 0 Å². The fourth-order valence-corrected chi connectivity index (χ4v) is 5.53. The molecule has 2 fully saturated rings. The highest BCUT2D eigenvalue weighted by molar-refractivity contribution is 7.89. The van der Waals surface area contributed by atoms with E-state index in [1.165, 1.54) is 0 Å². The molecule has 0 unspecified atom stereocenters. The Morgan fingerprint density at radius 2 is 2.00 bits per heavy atom. The topological polar surface area (TPSA) is 76.1 Å². The molecule has 1 aromatic carbocycles. The van der Waals surface area contributed by atoms with E-state index in [0.29, 0.717) is 11.5 Å². The van der Waals surface area contributed by atoms with Gasteiger partial charge in [0.25, 0.3) is 0 Å². The number of hydrogen-bond acceptors (Lipinski definition) is 4. The van der Waals surface area contributed by atoms with Gasteiger partial charge in [-0.2, -0.15) is 0 Å². The Bertz CT molecular complexity index is 894. The van der Waals surface area contributed by atoms with Crippen molar-refractivity contribution < 1.29 is 13.2 Å². The maximum absolute atomic E-state index is 12.6. The van der Waals surface area contributed by atoms with Gasteiger partial charge >= 0.3 is 0 Å². The number of aromatic nitrogens is 1. The van der Waals surface area contributed by atoms with Gasteiger partial charge in [-0.1, -0.05) is 18.2 Å². The predicted molar refractivity (Wildman–Crippen MR) is 91.5 cm³/mol. The normalized spacial score (nSPS) is 25.9. The zero-order chi connectivity index (χ0) is 16.8. The highest BCUT2D eigenvalue weighted by atomic mass is 32.2. The molecule has 2 aliphatic rings. The second-order valence-corrected chi connectivity index (χ2v) is 8.83. The molecule has 0 aliphatic heterocycles. The first-order chi connectivity index (χ1) is 11.5. The Morgan fingerprint density at radius 3 is 2.71 bits per heavy atom. The Kier molecular flexibility index (Phi) is 3.60. The number of pyridine rings is 1. The van der Waals surface area contributed by atoms with E-state index in [-0.39, 0.29) is 11.7 Å². The van der Waals surface area contributed by atoms with Crippen molar-refractivity contribution in [1.82, 2.24) is 9.71 Å². The fraction of sp³-hybridized carbons (Fsp3) is 0.444. The summed E-state index contributed by atoms with van der Waals surface area (Å²) in [6.07, 6.45) is 6.24. The molecule has 0 spiro atoms. The minimum Gasteiger partial charge on any atom is -0.273 e. The van der Waals surface area contributed by atoms with E-state index in [1.807, 2.05) is 12.1 Å². The Balaban J connectivity index is 1.56. The minimum atomic E-state index is -3.72. The maximum Gasteiger partial charge on any atom is 0.239 e. The lowest BCUT2D eigenvalue weighted by Gasteiger charge is -2.24. The molecule has 2 bridgehead atoms.